The molecule has 6 nitrogen and oxygen atoms in total. The van der Waals surface area contributed by atoms with Crippen molar-refractivity contribution in [1.29, 1.82) is 0 Å². The van der Waals surface area contributed by atoms with Gasteiger partial charge in [-0.3, -0.25) is 0 Å². The number of ether oxygens (including phenoxy) is 1. The Morgan fingerprint density at radius 1 is 0.882 bits per heavy atom. The summed E-state index contributed by atoms with van der Waals surface area (Å²) in [6.45, 7) is 0. The molecule has 1 aromatic heterocycles. The predicted octanol–water partition coefficient (Wildman–Crippen LogP) is 2.82. The number of benzene rings is 2. The number of nitrogens with zero attached hydrogens (tertiary/aromatic N) is 2. The van der Waals surface area contributed by atoms with Crippen molar-refractivity contribution in [2.24, 2.45) is 0 Å². The van der Waals surface area contributed by atoms with E-state index in [1.807, 2.05) is 0 Å². The molecule has 0 spiro atoms. The third-order valence-electron chi connectivity index (χ3n) is 4.06. The van der Waals surface area contributed by atoms with Crippen molar-refractivity contribution in [1.82, 2.24) is 4.98 Å². The molecule has 0 radical (unpaired) electrons. The SMILES string of the molecule is O=C([N-]S(=O)(=O)c1ccc(Oc2ccccc2)nc1)c1ccc(C(F)(F)F)cc1C(F)(F)F.[Na+]. The van der Waals surface area contributed by atoms with Crippen LogP contribution in [0.4, 0.5) is 26.3 Å². The molecular weight excluding hydrogens is 501 g/mol. The third kappa shape index (κ3) is 6.72. The smallest absolute Gasteiger partial charge is 0.537 e. The van der Waals surface area contributed by atoms with E-state index in [1.165, 1.54) is 0 Å². The van der Waals surface area contributed by atoms with Gasteiger partial charge in [-0.2, -0.15) is 26.3 Å². The first kappa shape index (κ1) is 27.6. The maximum atomic E-state index is 13.2. The van der Waals surface area contributed by atoms with Gasteiger partial charge in [0.25, 0.3) is 0 Å². The minimum atomic E-state index is -5.37. The number of carbonyl (C=O) groups is 1. The van der Waals surface area contributed by atoms with Crippen molar-refractivity contribution in [3.05, 3.63) is 88.3 Å². The molecule has 0 aliphatic heterocycles. The van der Waals surface area contributed by atoms with Crippen molar-refractivity contribution in [3.8, 4) is 11.6 Å². The van der Waals surface area contributed by atoms with E-state index >= 15 is 0 Å². The molecule has 3 aromatic rings. The molecule has 0 saturated carbocycles. The van der Waals surface area contributed by atoms with Crippen LogP contribution >= 0.6 is 0 Å². The first-order valence-electron chi connectivity index (χ1n) is 8.77. The summed E-state index contributed by atoms with van der Waals surface area (Å²) >= 11 is 0. The number of rotatable bonds is 5. The fourth-order valence-electron chi connectivity index (χ4n) is 2.54. The summed E-state index contributed by atoms with van der Waals surface area (Å²) in [6.07, 6.45) is -9.72. The minimum Gasteiger partial charge on any atom is -0.537 e. The molecule has 1 heterocycles. The summed E-state index contributed by atoms with van der Waals surface area (Å²) in [5, 5.41) is 0. The van der Waals surface area contributed by atoms with Gasteiger partial charge in [0.1, 0.15) is 15.8 Å². The first-order chi connectivity index (χ1) is 15.3. The number of carbonyl (C=O) groups excluding carboxylic acids is 1. The standard InChI is InChI=1S/C20H12F6N2O4S.Na/c21-19(22,23)12-6-8-15(16(10-12)20(24,25)26)18(29)28-33(30,31)14-7-9-17(27-11-14)32-13-4-2-1-3-5-13;/h1-11H,(H,28,29);/q;+1/p-1. The van der Waals surface area contributed by atoms with Gasteiger partial charge in [-0.1, -0.05) is 24.3 Å². The van der Waals surface area contributed by atoms with E-state index in [0.29, 0.717) is 5.75 Å². The molecule has 0 saturated heterocycles. The second-order valence-electron chi connectivity index (χ2n) is 6.37. The summed E-state index contributed by atoms with van der Waals surface area (Å²) < 4.78 is 111. The van der Waals surface area contributed by atoms with Gasteiger partial charge in [0.2, 0.25) is 5.88 Å². The van der Waals surface area contributed by atoms with Crippen LogP contribution in [0.5, 0.6) is 11.6 Å². The van der Waals surface area contributed by atoms with Crippen LogP contribution < -0.4 is 34.3 Å². The van der Waals surface area contributed by atoms with Crippen molar-refractivity contribution < 1.29 is 73.8 Å². The fraction of sp³-hybridized carbons (Fsp3) is 0.100. The summed E-state index contributed by atoms with van der Waals surface area (Å²) in [5.41, 5.74) is -4.98. The van der Waals surface area contributed by atoms with E-state index in [9.17, 15) is 39.6 Å². The zero-order chi connectivity index (χ0) is 24.4. The molecule has 0 bridgehead atoms. The van der Waals surface area contributed by atoms with Crippen LogP contribution in [0, 0.1) is 0 Å². The Morgan fingerprint density at radius 2 is 1.53 bits per heavy atom. The molecule has 0 atom stereocenters. The molecule has 3 rings (SSSR count). The summed E-state index contributed by atoms with van der Waals surface area (Å²) in [4.78, 5) is 15.3. The summed E-state index contributed by atoms with van der Waals surface area (Å²) in [6, 6.07) is 10.5. The number of para-hydroxylation sites is 1. The zero-order valence-electron chi connectivity index (χ0n) is 17.1. The van der Waals surface area contributed by atoms with Crippen molar-refractivity contribution >= 4 is 15.9 Å². The Bertz CT molecular complexity index is 1260. The van der Waals surface area contributed by atoms with E-state index in [0.717, 1.165) is 18.3 Å². The average molecular weight is 512 g/mol. The van der Waals surface area contributed by atoms with E-state index < -0.39 is 49.9 Å². The second-order valence-corrected chi connectivity index (χ2v) is 7.98. The molecular formula is C20H11F6N2NaO4S. The molecule has 0 aliphatic carbocycles. The van der Waals surface area contributed by atoms with E-state index in [1.54, 1.807) is 30.3 Å². The Labute approximate surface area is 211 Å². The summed E-state index contributed by atoms with van der Waals surface area (Å²) in [5.74, 6) is -1.52. The molecule has 1 amide bonds. The van der Waals surface area contributed by atoms with E-state index in [-0.39, 0.29) is 53.6 Å². The molecule has 174 valence electrons. The molecule has 2 aromatic carbocycles. The van der Waals surface area contributed by atoms with E-state index in [4.69, 9.17) is 4.74 Å². The summed E-state index contributed by atoms with van der Waals surface area (Å²) in [7, 11) is -4.83. The van der Waals surface area contributed by atoms with Crippen LogP contribution in [-0.4, -0.2) is 19.3 Å². The number of hydrogen-bond donors (Lipinski definition) is 0. The average Bonchev–Trinajstić information content (AvgIpc) is 2.73. The van der Waals surface area contributed by atoms with Crippen LogP contribution in [0.3, 0.4) is 0 Å². The van der Waals surface area contributed by atoms with Gasteiger partial charge >= 0.3 is 41.9 Å². The largest absolute Gasteiger partial charge is 1.00 e. The van der Waals surface area contributed by atoms with Gasteiger partial charge < -0.3 is 14.3 Å². The molecule has 34 heavy (non-hydrogen) atoms. The van der Waals surface area contributed by atoms with Crippen molar-refractivity contribution in [2.75, 3.05) is 0 Å². The maximum Gasteiger partial charge on any atom is 1.00 e. The number of sulfonamides is 1. The van der Waals surface area contributed by atoms with Gasteiger partial charge in [0, 0.05) is 17.8 Å². The molecule has 0 unspecified atom stereocenters. The number of amides is 1. The van der Waals surface area contributed by atoms with Crippen LogP contribution in [-0.2, 0) is 22.4 Å². The second kappa shape index (κ2) is 10.3. The Morgan fingerprint density at radius 3 is 2.06 bits per heavy atom. The Balaban J connectivity index is 0.00000408. The van der Waals surface area contributed by atoms with E-state index in [2.05, 4.69) is 9.71 Å². The number of halogens is 6. The van der Waals surface area contributed by atoms with Gasteiger partial charge in [0.05, 0.1) is 21.9 Å². The molecule has 0 fully saturated rings. The number of aromatic nitrogens is 1. The monoisotopic (exact) mass is 512 g/mol. The Kier molecular flexibility index (Phi) is 8.40. The first-order valence-corrected chi connectivity index (χ1v) is 10.2. The molecule has 0 N–H and O–H groups in total. The quantitative estimate of drug-likeness (QED) is 0.388. The molecule has 14 heteroatoms. The van der Waals surface area contributed by atoms with Crippen LogP contribution in [0.1, 0.15) is 21.5 Å². The topological polar surface area (TPSA) is 87.4 Å². The fourth-order valence-corrected chi connectivity index (χ4v) is 3.39. The van der Waals surface area contributed by atoms with Gasteiger partial charge in [-0.25, -0.2) is 13.4 Å². The Hall–Kier alpha value is -2.61. The maximum absolute atomic E-state index is 13.2. The predicted molar refractivity (Wildman–Crippen MR) is 102 cm³/mol. The van der Waals surface area contributed by atoms with Gasteiger partial charge in [-0.15, -0.1) is 0 Å². The van der Waals surface area contributed by atoms with Crippen molar-refractivity contribution in [2.45, 2.75) is 17.2 Å². The van der Waals surface area contributed by atoms with Crippen LogP contribution in [0.25, 0.3) is 4.72 Å². The van der Waals surface area contributed by atoms with Gasteiger partial charge in [-0.05, 0) is 30.3 Å². The van der Waals surface area contributed by atoms with Crippen molar-refractivity contribution in [3.63, 3.8) is 0 Å². The minimum absolute atomic E-state index is 0. The number of alkyl halides is 6. The molecule has 0 aliphatic rings. The number of hydrogen-bond acceptors (Lipinski definition) is 5. The normalized spacial score (nSPS) is 11.9. The third-order valence-corrected chi connectivity index (χ3v) is 5.30. The van der Waals surface area contributed by atoms with Crippen LogP contribution in [0.2, 0.25) is 0 Å². The van der Waals surface area contributed by atoms with Crippen LogP contribution in [0.15, 0.2) is 71.8 Å². The number of pyridine rings is 1. The zero-order valence-corrected chi connectivity index (χ0v) is 19.9. The van der Waals surface area contributed by atoms with Gasteiger partial charge in [0.15, 0.2) is 0 Å².